The van der Waals surface area contributed by atoms with Crippen LogP contribution >= 0.6 is 0 Å². The molecule has 1 N–H and O–H groups in total. The number of amides is 1. The monoisotopic (exact) mass is 362 g/mol. The Bertz CT molecular complexity index is 1050. The number of hydrogen-bond donors (Lipinski definition) is 1. The zero-order chi connectivity index (χ0) is 18.4. The second-order valence-corrected chi connectivity index (χ2v) is 6.36. The lowest BCUT2D eigenvalue weighted by Gasteiger charge is -2.38. The zero-order valence-corrected chi connectivity index (χ0v) is 14.2. The molecule has 0 radical (unpaired) electrons. The first-order valence-electron chi connectivity index (χ1n) is 8.55. The molecule has 5 nitrogen and oxygen atoms in total. The summed E-state index contributed by atoms with van der Waals surface area (Å²) in [5, 5.41) is 3.39. The standard InChI is InChI=1S/C21H15FN2O3/c22-14-4-3-5-15(11-14)24-20(13-8-9-18-19(10-13)27-12-26-18)23-17-7-2-1-6-16(17)21(24)25/h1-11,20,23H,12H2. The summed E-state index contributed by atoms with van der Waals surface area (Å²) in [6.45, 7) is 0.173. The van der Waals surface area contributed by atoms with Crippen LogP contribution in [0.5, 0.6) is 11.5 Å². The Morgan fingerprint density at radius 3 is 2.70 bits per heavy atom. The highest BCUT2D eigenvalue weighted by Gasteiger charge is 2.34. The first kappa shape index (κ1) is 15.7. The van der Waals surface area contributed by atoms with Gasteiger partial charge in [0.05, 0.1) is 5.56 Å². The molecule has 3 aromatic carbocycles. The maximum Gasteiger partial charge on any atom is 0.262 e. The van der Waals surface area contributed by atoms with Gasteiger partial charge in [0.2, 0.25) is 6.79 Å². The first-order valence-corrected chi connectivity index (χ1v) is 8.55. The van der Waals surface area contributed by atoms with Gasteiger partial charge in [0.25, 0.3) is 5.91 Å². The van der Waals surface area contributed by atoms with Gasteiger partial charge in [-0.3, -0.25) is 9.69 Å². The summed E-state index contributed by atoms with van der Waals surface area (Å²) >= 11 is 0. The average molecular weight is 362 g/mol. The van der Waals surface area contributed by atoms with Crippen molar-refractivity contribution in [2.45, 2.75) is 6.17 Å². The molecule has 0 spiro atoms. The molecule has 0 aromatic heterocycles. The molecule has 1 unspecified atom stereocenters. The first-order chi connectivity index (χ1) is 13.2. The molecule has 5 rings (SSSR count). The van der Waals surface area contributed by atoms with E-state index in [4.69, 9.17) is 9.47 Å². The van der Waals surface area contributed by atoms with Crippen molar-refractivity contribution in [1.29, 1.82) is 0 Å². The van der Waals surface area contributed by atoms with Crippen LogP contribution < -0.4 is 19.7 Å². The Balaban J connectivity index is 1.66. The van der Waals surface area contributed by atoms with E-state index in [1.807, 2.05) is 36.4 Å². The van der Waals surface area contributed by atoms with E-state index < -0.39 is 12.0 Å². The lowest BCUT2D eigenvalue weighted by atomic mass is 10.0. The molecule has 0 fully saturated rings. The van der Waals surface area contributed by atoms with E-state index in [0.29, 0.717) is 22.7 Å². The van der Waals surface area contributed by atoms with Gasteiger partial charge >= 0.3 is 0 Å². The van der Waals surface area contributed by atoms with Crippen molar-refractivity contribution in [3.8, 4) is 11.5 Å². The fraction of sp³-hybridized carbons (Fsp3) is 0.0952. The molecule has 2 aliphatic heterocycles. The third-order valence-electron chi connectivity index (χ3n) is 4.73. The molecule has 0 aliphatic carbocycles. The molecular formula is C21H15FN2O3. The molecule has 0 saturated heterocycles. The number of para-hydroxylation sites is 1. The predicted molar refractivity (Wildman–Crippen MR) is 98.6 cm³/mol. The van der Waals surface area contributed by atoms with Crippen molar-refractivity contribution in [3.05, 3.63) is 83.7 Å². The van der Waals surface area contributed by atoms with Crippen molar-refractivity contribution in [2.24, 2.45) is 0 Å². The van der Waals surface area contributed by atoms with Crippen LogP contribution in [0.1, 0.15) is 22.1 Å². The van der Waals surface area contributed by atoms with Gasteiger partial charge in [0.1, 0.15) is 12.0 Å². The van der Waals surface area contributed by atoms with Crippen molar-refractivity contribution in [1.82, 2.24) is 0 Å². The highest BCUT2D eigenvalue weighted by atomic mass is 19.1. The SMILES string of the molecule is O=C1c2ccccc2NC(c2ccc3c(c2)OCO3)N1c1cccc(F)c1. The van der Waals surface area contributed by atoms with Crippen LogP contribution in [0.4, 0.5) is 15.8 Å². The number of rotatable bonds is 2. The highest BCUT2D eigenvalue weighted by Crippen LogP contribution is 2.40. The fourth-order valence-corrected chi connectivity index (χ4v) is 3.46. The molecule has 0 bridgehead atoms. The molecule has 1 atom stereocenters. The molecule has 6 heteroatoms. The number of ether oxygens (including phenoxy) is 2. The summed E-state index contributed by atoms with van der Waals surface area (Å²) < 4.78 is 24.7. The number of benzene rings is 3. The minimum absolute atomic E-state index is 0.173. The Labute approximate surface area is 154 Å². The summed E-state index contributed by atoms with van der Waals surface area (Å²) in [5.41, 5.74) is 2.56. The second kappa shape index (κ2) is 6.02. The lowest BCUT2D eigenvalue weighted by molar-refractivity contribution is 0.0975. The number of nitrogens with zero attached hydrogens (tertiary/aromatic N) is 1. The minimum Gasteiger partial charge on any atom is -0.454 e. The van der Waals surface area contributed by atoms with E-state index in [1.54, 1.807) is 23.1 Å². The lowest BCUT2D eigenvalue weighted by Crippen LogP contribution is -2.43. The van der Waals surface area contributed by atoms with E-state index in [9.17, 15) is 9.18 Å². The number of nitrogens with one attached hydrogen (secondary N) is 1. The summed E-state index contributed by atoms with van der Waals surface area (Å²) in [7, 11) is 0. The van der Waals surface area contributed by atoms with Gasteiger partial charge in [-0.05, 0) is 48.0 Å². The number of anilines is 2. The molecule has 3 aromatic rings. The molecule has 134 valence electrons. The van der Waals surface area contributed by atoms with Gasteiger partial charge in [-0.2, -0.15) is 0 Å². The molecule has 2 aliphatic rings. The molecule has 27 heavy (non-hydrogen) atoms. The van der Waals surface area contributed by atoms with Crippen molar-refractivity contribution in [3.63, 3.8) is 0 Å². The number of halogens is 1. The Morgan fingerprint density at radius 1 is 0.963 bits per heavy atom. The molecule has 1 amide bonds. The highest BCUT2D eigenvalue weighted by molar-refractivity contribution is 6.12. The van der Waals surface area contributed by atoms with E-state index in [2.05, 4.69) is 5.32 Å². The topological polar surface area (TPSA) is 50.8 Å². The second-order valence-electron chi connectivity index (χ2n) is 6.36. The summed E-state index contributed by atoms with van der Waals surface area (Å²) in [6, 6.07) is 18.8. The number of carbonyl (C=O) groups is 1. The number of fused-ring (bicyclic) bond motifs is 2. The summed E-state index contributed by atoms with van der Waals surface area (Å²) in [4.78, 5) is 14.8. The van der Waals surface area contributed by atoms with Crippen molar-refractivity contribution in [2.75, 3.05) is 17.0 Å². The minimum atomic E-state index is -0.510. The van der Waals surface area contributed by atoms with Gasteiger partial charge in [-0.25, -0.2) is 4.39 Å². The van der Waals surface area contributed by atoms with Crippen LogP contribution in [-0.2, 0) is 0 Å². The smallest absolute Gasteiger partial charge is 0.262 e. The van der Waals surface area contributed by atoms with Crippen LogP contribution in [0, 0.1) is 5.82 Å². The Hall–Kier alpha value is -3.54. The fourth-order valence-electron chi connectivity index (χ4n) is 3.46. The van der Waals surface area contributed by atoms with Crippen molar-refractivity contribution >= 4 is 17.3 Å². The van der Waals surface area contributed by atoms with Gasteiger partial charge in [-0.1, -0.05) is 24.3 Å². The molecule has 2 heterocycles. The number of hydrogen-bond acceptors (Lipinski definition) is 4. The predicted octanol–water partition coefficient (Wildman–Crippen LogP) is 4.33. The normalized spacial score (nSPS) is 17.4. The maximum absolute atomic E-state index is 13.9. The van der Waals surface area contributed by atoms with Gasteiger partial charge in [0, 0.05) is 11.4 Å². The van der Waals surface area contributed by atoms with E-state index in [-0.39, 0.29) is 12.7 Å². The van der Waals surface area contributed by atoms with Gasteiger partial charge in [-0.15, -0.1) is 0 Å². The van der Waals surface area contributed by atoms with Gasteiger partial charge < -0.3 is 14.8 Å². The third kappa shape index (κ3) is 2.57. The van der Waals surface area contributed by atoms with Crippen LogP contribution in [0.2, 0.25) is 0 Å². The maximum atomic E-state index is 13.9. The van der Waals surface area contributed by atoms with Crippen molar-refractivity contribution < 1.29 is 18.7 Å². The van der Waals surface area contributed by atoms with Gasteiger partial charge in [0.15, 0.2) is 11.5 Å². The molecular weight excluding hydrogens is 347 g/mol. The van der Waals surface area contributed by atoms with E-state index >= 15 is 0 Å². The van der Waals surface area contributed by atoms with E-state index in [1.165, 1.54) is 12.1 Å². The Morgan fingerprint density at radius 2 is 1.81 bits per heavy atom. The number of carbonyl (C=O) groups excluding carboxylic acids is 1. The average Bonchev–Trinajstić information content (AvgIpc) is 3.15. The van der Waals surface area contributed by atoms with E-state index in [0.717, 1.165) is 11.3 Å². The largest absolute Gasteiger partial charge is 0.454 e. The van der Waals surface area contributed by atoms with Crippen LogP contribution in [0.25, 0.3) is 0 Å². The Kier molecular flexibility index (Phi) is 3.50. The zero-order valence-electron chi connectivity index (χ0n) is 14.2. The van der Waals surface area contributed by atoms with Crippen LogP contribution in [-0.4, -0.2) is 12.7 Å². The summed E-state index contributed by atoms with van der Waals surface area (Å²) in [6.07, 6.45) is -0.510. The molecule has 0 saturated carbocycles. The van der Waals surface area contributed by atoms with Crippen LogP contribution in [0.15, 0.2) is 66.7 Å². The summed E-state index contributed by atoms with van der Waals surface area (Å²) in [5.74, 6) is 0.694. The third-order valence-corrected chi connectivity index (χ3v) is 4.73. The van der Waals surface area contributed by atoms with Crippen LogP contribution in [0.3, 0.4) is 0 Å². The quantitative estimate of drug-likeness (QED) is 0.737.